The van der Waals surface area contributed by atoms with E-state index in [0.29, 0.717) is 18.8 Å². The lowest BCUT2D eigenvalue weighted by Gasteiger charge is -2.17. The van der Waals surface area contributed by atoms with Gasteiger partial charge in [-0.2, -0.15) is 0 Å². The van der Waals surface area contributed by atoms with Crippen LogP contribution in [0.4, 0.5) is 4.39 Å². The summed E-state index contributed by atoms with van der Waals surface area (Å²) in [5.74, 6) is 1.10. The van der Waals surface area contributed by atoms with E-state index in [1.54, 1.807) is 23.5 Å². The Kier molecular flexibility index (Phi) is 9.85. The first-order chi connectivity index (χ1) is 12.0. The van der Waals surface area contributed by atoms with Crippen LogP contribution in [0.3, 0.4) is 0 Å². The fraction of sp³-hybridized carbons (Fsp3) is 0.444. The first kappa shape index (κ1) is 22.6. The van der Waals surface area contributed by atoms with Gasteiger partial charge in [0.1, 0.15) is 22.7 Å². The molecule has 5 nitrogen and oxygen atoms in total. The highest BCUT2D eigenvalue weighted by molar-refractivity contribution is 14.0. The summed E-state index contributed by atoms with van der Waals surface area (Å²) in [4.78, 5) is 10.3. The van der Waals surface area contributed by atoms with Gasteiger partial charge in [0.05, 0.1) is 18.8 Å². The van der Waals surface area contributed by atoms with Crippen LogP contribution in [0.5, 0.6) is 5.75 Å². The van der Waals surface area contributed by atoms with Crippen LogP contribution in [0.2, 0.25) is 0 Å². The predicted octanol–water partition coefficient (Wildman–Crippen LogP) is 4.04. The smallest absolute Gasteiger partial charge is 0.191 e. The number of halogens is 2. The number of hydrogen-bond acceptors (Lipinski definition) is 4. The molecular weight excluding hydrogens is 466 g/mol. The van der Waals surface area contributed by atoms with Crippen LogP contribution in [0, 0.1) is 19.7 Å². The van der Waals surface area contributed by atoms with Gasteiger partial charge in [-0.3, -0.25) is 0 Å². The maximum atomic E-state index is 12.9. The Bertz CT molecular complexity index is 686. The van der Waals surface area contributed by atoms with Crippen molar-refractivity contribution in [1.82, 2.24) is 15.6 Å². The van der Waals surface area contributed by atoms with Crippen molar-refractivity contribution in [2.75, 3.05) is 13.1 Å². The summed E-state index contributed by atoms with van der Waals surface area (Å²) in [6, 6.07) is 6.02. The van der Waals surface area contributed by atoms with Crippen LogP contribution in [-0.2, 0) is 6.54 Å². The Morgan fingerprint density at radius 2 is 1.96 bits per heavy atom. The van der Waals surface area contributed by atoms with Crippen molar-refractivity contribution in [3.63, 3.8) is 0 Å². The molecule has 0 radical (unpaired) electrons. The Morgan fingerprint density at radius 1 is 1.27 bits per heavy atom. The van der Waals surface area contributed by atoms with Crippen molar-refractivity contribution in [3.05, 3.63) is 45.7 Å². The second-order valence-corrected chi connectivity index (χ2v) is 7.00. The van der Waals surface area contributed by atoms with Gasteiger partial charge in [-0.15, -0.1) is 35.3 Å². The van der Waals surface area contributed by atoms with E-state index in [1.165, 1.54) is 17.0 Å². The molecule has 0 amide bonds. The molecule has 0 saturated carbocycles. The SMILES string of the molecule is CCNC(=NCc1nc(C)c(C)s1)NCC(C)Oc1ccc(F)cc1.I. The minimum absolute atomic E-state index is 0. The summed E-state index contributed by atoms with van der Waals surface area (Å²) in [5.41, 5.74) is 1.06. The number of nitrogens with zero attached hydrogens (tertiary/aromatic N) is 2. The summed E-state index contributed by atoms with van der Waals surface area (Å²) in [6.45, 7) is 9.95. The van der Waals surface area contributed by atoms with Crippen molar-refractivity contribution in [3.8, 4) is 5.75 Å². The number of hydrogen-bond donors (Lipinski definition) is 2. The number of rotatable bonds is 7. The van der Waals surface area contributed by atoms with Crippen LogP contribution in [-0.4, -0.2) is 30.1 Å². The van der Waals surface area contributed by atoms with E-state index in [2.05, 4.69) is 27.5 Å². The Balaban J connectivity index is 0.00000338. The van der Waals surface area contributed by atoms with Crippen LogP contribution in [0.15, 0.2) is 29.3 Å². The van der Waals surface area contributed by atoms with E-state index in [4.69, 9.17) is 4.74 Å². The number of nitrogens with one attached hydrogen (secondary N) is 2. The van der Waals surface area contributed by atoms with E-state index < -0.39 is 0 Å². The average molecular weight is 492 g/mol. The molecule has 26 heavy (non-hydrogen) atoms. The first-order valence-corrected chi connectivity index (χ1v) is 9.17. The van der Waals surface area contributed by atoms with Gasteiger partial charge >= 0.3 is 0 Å². The molecule has 0 aliphatic rings. The maximum absolute atomic E-state index is 12.9. The highest BCUT2D eigenvalue weighted by Crippen LogP contribution is 2.17. The van der Waals surface area contributed by atoms with Crippen LogP contribution < -0.4 is 15.4 Å². The molecule has 0 spiro atoms. The summed E-state index contributed by atoms with van der Waals surface area (Å²) in [5, 5.41) is 7.47. The van der Waals surface area contributed by atoms with Crippen molar-refractivity contribution in [1.29, 1.82) is 0 Å². The molecule has 8 heteroatoms. The van der Waals surface area contributed by atoms with Gasteiger partial charge in [-0.1, -0.05) is 0 Å². The van der Waals surface area contributed by atoms with Crippen molar-refractivity contribution in [2.24, 2.45) is 4.99 Å². The first-order valence-electron chi connectivity index (χ1n) is 8.35. The molecule has 1 atom stereocenters. The lowest BCUT2D eigenvalue weighted by molar-refractivity contribution is 0.223. The van der Waals surface area contributed by atoms with Gasteiger partial charge in [0, 0.05) is 11.4 Å². The lowest BCUT2D eigenvalue weighted by Crippen LogP contribution is -2.41. The van der Waals surface area contributed by atoms with E-state index >= 15 is 0 Å². The van der Waals surface area contributed by atoms with Crippen LogP contribution in [0.25, 0.3) is 0 Å². The van der Waals surface area contributed by atoms with E-state index in [0.717, 1.165) is 23.2 Å². The van der Waals surface area contributed by atoms with E-state index in [-0.39, 0.29) is 35.9 Å². The van der Waals surface area contributed by atoms with Crippen LogP contribution >= 0.6 is 35.3 Å². The molecule has 0 aliphatic carbocycles. The third-order valence-corrected chi connectivity index (χ3v) is 4.55. The number of aromatic nitrogens is 1. The minimum Gasteiger partial charge on any atom is -0.489 e. The lowest BCUT2D eigenvalue weighted by atomic mass is 10.3. The third-order valence-electron chi connectivity index (χ3n) is 3.50. The van der Waals surface area contributed by atoms with Crippen molar-refractivity contribution >= 4 is 41.3 Å². The molecule has 1 unspecified atom stereocenters. The Labute approximate surface area is 175 Å². The van der Waals surface area contributed by atoms with E-state index in [1.807, 2.05) is 20.8 Å². The number of guanidine groups is 1. The summed E-state index contributed by atoms with van der Waals surface area (Å²) in [7, 11) is 0. The molecule has 0 bridgehead atoms. The Morgan fingerprint density at radius 3 is 2.54 bits per heavy atom. The molecule has 0 aliphatic heterocycles. The highest BCUT2D eigenvalue weighted by Gasteiger charge is 2.07. The predicted molar refractivity (Wildman–Crippen MR) is 116 cm³/mol. The largest absolute Gasteiger partial charge is 0.489 e. The van der Waals surface area contributed by atoms with Crippen LogP contribution in [0.1, 0.15) is 29.4 Å². The molecule has 2 N–H and O–H groups in total. The topological polar surface area (TPSA) is 58.5 Å². The third kappa shape index (κ3) is 7.45. The Hall–Kier alpha value is -1.42. The zero-order chi connectivity index (χ0) is 18.2. The van der Waals surface area contributed by atoms with E-state index in [9.17, 15) is 4.39 Å². The molecule has 1 aromatic carbocycles. The zero-order valence-corrected chi connectivity index (χ0v) is 18.7. The number of aliphatic imine (C=N–C) groups is 1. The summed E-state index contributed by atoms with van der Waals surface area (Å²) < 4.78 is 18.7. The fourth-order valence-corrected chi connectivity index (χ4v) is 2.98. The summed E-state index contributed by atoms with van der Waals surface area (Å²) >= 11 is 1.67. The van der Waals surface area contributed by atoms with Gasteiger partial charge in [0.2, 0.25) is 0 Å². The number of thiazole rings is 1. The molecular formula is C18H26FIN4OS. The molecule has 0 saturated heterocycles. The normalized spacial score (nSPS) is 12.3. The molecule has 2 aromatic rings. The average Bonchev–Trinajstić information content (AvgIpc) is 2.90. The number of benzene rings is 1. The molecule has 1 aromatic heterocycles. The second-order valence-electron chi connectivity index (χ2n) is 5.71. The number of ether oxygens (including phenoxy) is 1. The van der Waals surface area contributed by atoms with Crippen molar-refractivity contribution in [2.45, 2.75) is 40.3 Å². The van der Waals surface area contributed by atoms with Gasteiger partial charge in [0.25, 0.3) is 0 Å². The monoisotopic (exact) mass is 492 g/mol. The second kappa shape index (κ2) is 11.3. The highest BCUT2D eigenvalue weighted by atomic mass is 127. The maximum Gasteiger partial charge on any atom is 0.191 e. The zero-order valence-electron chi connectivity index (χ0n) is 15.5. The molecule has 1 heterocycles. The molecule has 144 valence electrons. The molecule has 2 rings (SSSR count). The van der Waals surface area contributed by atoms with Gasteiger partial charge in [-0.25, -0.2) is 14.4 Å². The molecule has 0 fully saturated rings. The fourth-order valence-electron chi connectivity index (χ4n) is 2.12. The number of aryl methyl sites for hydroxylation is 2. The summed E-state index contributed by atoms with van der Waals surface area (Å²) in [6.07, 6.45) is -0.0846. The minimum atomic E-state index is -0.271. The van der Waals surface area contributed by atoms with Crippen molar-refractivity contribution < 1.29 is 9.13 Å². The van der Waals surface area contributed by atoms with Gasteiger partial charge in [0.15, 0.2) is 5.96 Å². The quantitative estimate of drug-likeness (QED) is 0.348. The standard InChI is InChI=1S/C18H25FN4OS.HI/c1-5-20-18(22-11-17-23-13(3)14(4)25-17)21-10-12(2)24-16-8-6-15(19)7-9-16;/h6-9,12H,5,10-11H2,1-4H3,(H2,20,21,22);1H. The van der Waals surface area contributed by atoms with Gasteiger partial charge in [-0.05, 0) is 52.0 Å². The van der Waals surface area contributed by atoms with Gasteiger partial charge < -0.3 is 15.4 Å².